The van der Waals surface area contributed by atoms with Crippen molar-refractivity contribution in [2.24, 2.45) is 5.92 Å². The predicted octanol–water partition coefficient (Wildman–Crippen LogP) is 2.97. The Labute approximate surface area is 94.8 Å². The molecular weight excluding hydrogens is 186 g/mol. The Bertz CT molecular complexity index is 143. The van der Waals surface area contributed by atoms with Gasteiger partial charge in [0.05, 0.1) is 0 Å². The molecule has 1 fully saturated rings. The number of hydrogen-bond donors (Lipinski definition) is 1. The van der Waals surface area contributed by atoms with Crippen molar-refractivity contribution in [3.8, 4) is 0 Å². The summed E-state index contributed by atoms with van der Waals surface area (Å²) < 4.78 is 5.03. The lowest BCUT2D eigenvalue weighted by molar-refractivity contribution is 0.192. The van der Waals surface area contributed by atoms with Crippen molar-refractivity contribution in [1.82, 2.24) is 5.32 Å². The molecule has 0 aromatic heterocycles. The van der Waals surface area contributed by atoms with Gasteiger partial charge < -0.3 is 10.1 Å². The van der Waals surface area contributed by atoms with Crippen molar-refractivity contribution in [1.29, 1.82) is 0 Å². The first-order valence-corrected chi connectivity index (χ1v) is 6.55. The predicted molar refractivity (Wildman–Crippen MR) is 65.1 cm³/mol. The molecule has 0 radical (unpaired) electrons. The largest absolute Gasteiger partial charge is 0.385 e. The summed E-state index contributed by atoms with van der Waals surface area (Å²) in [7, 11) is 1.77. The van der Waals surface area contributed by atoms with Crippen LogP contribution < -0.4 is 5.32 Å². The summed E-state index contributed by atoms with van der Waals surface area (Å²) >= 11 is 0. The number of nitrogens with one attached hydrogen (secondary N) is 1. The Kier molecular flexibility index (Phi) is 7.03. The first-order chi connectivity index (χ1) is 7.33. The van der Waals surface area contributed by atoms with Crippen molar-refractivity contribution < 1.29 is 4.74 Å². The lowest BCUT2D eigenvalue weighted by Crippen LogP contribution is -2.30. The lowest BCUT2D eigenvalue weighted by Gasteiger charge is -2.25. The average Bonchev–Trinajstić information content (AvgIpc) is 2.26. The van der Waals surface area contributed by atoms with Gasteiger partial charge in [-0.2, -0.15) is 0 Å². The molecule has 2 heteroatoms. The molecule has 0 bridgehead atoms. The van der Waals surface area contributed by atoms with Crippen LogP contribution in [0.1, 0.15) is 51.9 Å². The SMILES string of the molecule is COCCCNC(C)CC1CCCCC1. The summed E-state index contributed by atoms with van der Waals surface area (Å²) in [6.07, 6.45) is 9.81. The van der Waals surface area contributed by atoms with Crippen LogP contribution in [0.4, 0.5) is 0 Å². The van der Waals surface area contributed by atoms with E-state index in [1.165, 1.54) is 38.5 Å². The van der Waals surface area contributed by atoms with E-state index in [-0.39, 0.29) is 0 Å². The highest BCUT2D eigenvalue weighted by Gasteiger charge is 2.15. The van der Waals surface area contributed by atoms with E-state index in [4.69, 9.17) is 4.74 Å². The second-order valence-corrected chi connectivity index (χ2v) is 4.94. The van der Waals surface area contributed by atoms with Crippen LogP contribution in [-0.2, 0) is 4.74 Å². The molecule has 1 unspecified atom stereocenters. The highest BCUT2D eigenvalue weighted by atomic mass is 16.5. The molecule has 90 valence electrons. The summed E-state index contributed by atoms with van der Waals surface area (Å²) in [4.78, 5) is 0. The zero-order chi connectivity index (χ0) is 10.9. The maximum Gasteiger partial charge on any atom is 0.0474 e. The normalized spacial score (nSPS) is 20.4. The third kappa shape index (κ3) is 6.16. The summed E-state index contributed by atoms with van der Waals surface area (Å²) in [6.45, 7) is 4.30. The summed E-state index contributed by atoms with van der Waals surface area (Å²) in [5.74, 6) is 0.990. The van der Waals surface area contributed by atoms with E-state index in [1.807, 2.05) is 0 Å². The van der Waals surface area contributed by atoms with E-state index in [0.717, 1.165) is 25.5 Å². The number of hydrogen-bond acceptors (Lipinski definition) is 2. The molecule has 0 aromatic carbocycles. The third-order valence-electron chi connectivity index (χ3n) is 3.43. The van der Waals surface area contributed by atoms with Gasteiger partial charge in [0, 0.05) is 19.8 Å². The lowest BCUT2D eigenvalue weighted by atomic mass is 9.85. The molecule has 0 spiro atoms. The second-order valence-electron chi connectivity index (χ2n) is 4.94. The van der Waals surface area contributed by atoms with Crippen molar-refractivity contribution in [3.05, 3.63) is 0 Å². The monoisotopic (exact) mass is 213 g/mol. The van der Waals surface area contributed by atoms with Gasteiger partial charge in [-0.3, -0.25) is 0 Å². The third-order valence-corrected chi connectivity index (χ3v) is 3.43. The van der Waals surface area contributed by atoms with Gasteiger partial charge >= 0.3 is 0 Å². The average molecular weight is 213 g/mol. The topological polar surface area (TPSA) is 21.3 Å². The molecule has 1 rings (SSSR count). The van der Waals surface area contributed by atoms with Crippen molar-refractivity contribution in [2.75, 3.05) is 20.3 Å². The quantitative estimate of drug-likeness (QED) is 0.656. The van der Waals surface area contributed by atoms with Crippen LogP contribution in [0.25, 0.3) is 0 Å². The zero-order valence-corrected chi connectivity index (χ0v) is 10.4. The summed E-state index contributed by atoms with van der Waals surface area (Å²) in [5.41, 5.74) is 0. The van der Waals surface area contributed by atoms with E-state index >= 15 is 0 Å². The minimum absolute atomic E-state index is 0.685. The minimum Gasteiger partial charge on any atom is -0.385 e. The van der Waals surface area contributed by atoms with Crippen LogP contribution in [0.15, 0.2) is 0 Å². The summed E-state index contributed by atoms with van der Waals surface area (Å²) in [5, 5.41) is 3.58. The van der Waals surface area contributed by atoms with Crippen LogP contribution in [0.3, 0.4) is 0 Å². The first kappa shape index (κ1) is 13.0. The molecule has 1 N–H and O–H groups in total. The van der Waals surface area contributed by atoms with Crippen LogP contribution in [0.5, 0.6) is 0 Å². The molecule has 1 aliphatic rings. The van der Waals surface area contributed by atoms with Crippen LogP contribution in [-0.4, -0.2) is 26.3 Å². The molecule has 1 saturated carbocycles. The number of rotatable bonds is 7. The van der Waals surface area contributed by atoms with Crippen molar-refractivity contribution in [3.63, 3.8) is 0 Å². The second kappa shape index (κ2) is 8.12. The molecule has 0 aromatic rings. The van der Waals surface area contributed by atoms with E-state index in [0.29, 0.717) is 6.04 Å². The molecule has 2 nitrogen and oxygen atoms in total. The van der Waals surface area contributed by atoms with Gasteiger partial charge in [-0.05, 0) is 32.2 Å². The first-order valence-electron chi connectivity index (χ1n) is 6.55. The van der Waals surface area contributed by atoms with Gasteiger partial charge in [0.15, 0.2) is 0 Å². The fourth-order valence-corrected chi connectivity index (χ4v) is 2.57. The standard InChI is InChI=1S/C13H27NO/c1-12(14-9-6-10-15-2)11-13-7-4-3-5-8-13/h12-14H,3-11H2,1-2H3. The molecule has 0 amide bonds. The molecular formula is C13H27NO. The fourth-order valence-electron chi connectivity index (χ4n) is 2.57. The molecule has 0 saturated heterocycles. The van der Waals surface area contributed by atoms with Gasteiger partial charge in [-0.25, -0.2) is 0 Å². The zero-order valence-electron chi connectivity index (χ0n) is 10.4. The Morgan fingerprint density at radius 1 is 1.27 bits per heavy atom. The maximum absolute atomic E-state index is 5.03. The van der Waals surface area contributed by atoms with Gasteiger partial charge in [0.2, 0.25) is 0 Å². The number of ether oxygens (including phenoxy) is 1. The highest BCUT2D eigenvalue weighted by Crippen LogP contribution is 2.27. The van der Waals surface area contributed by atoms with Crippen LogP contribution >= 0.6 is 0 Å². The van der Waals surface area contributed by atoms with E-state index in [9.17, 15) is 0 Å². The Balaban J connectivity index is 1.98. The maximum atomic E-state index is 5.03. The smallest absolute Gasteiger partial charge is 0.0474 e. The van der Waals surface area contributed by atoms with Gasteiger partial charge in [0.25, 0.3) is 0 Å². The van der Waals surface area contributed by atoms with Crippen molar-refractivity contribution >= 4 is 0 Å². The fraction of sp³-hybridized carbons (Fsp3) is 1.00. The van der Waals surface area contributed by atoms with Crippen LogP contribution in [0, 0.1) is 5.92 Å². The van der Waals surface area contributed by atoms with Crippen molar-refractivity contribution in [2.45, 2.75) is 57.9 Å². The minimum atomic E-state index is 0.685. The van der Waals surface area contributed by atoms with Crippen LogP contribution in [0.2, 0.25) is 0 Å². The van der Waals surface area contributed by atoms with E-state index in [2.05, 4.69) is 12.2 Å². The van der Waals surface area contributed by atoms with Gasteiger partial charge in [-0.15, -0.1) is 0 Å². The van der Waals surface area contributed by atoms with Gasteiger partial charge in [-0.1, -0.05) is 32.1 Å². The highest BCUT2D eigenvalue weighted by molar-refractivity contribution is 4.71. The Morgan fingerprint density at radius 3 is 2.67 bits per heavy atom. The molecule has 15 heavy (non-hydrogen) atoms. The molecule has 1 atom stereocenters. The number of methoxy groups -OCH3 is 1. The molecule has 1 aliphatic carbocycles. The summed E-state index contributed by atoms with van der Waals surface area (Å²) in [6, 6.07) is 0.685. The molecule has 0 heterocycles. The van der Waals surface area contributed by atoms with Gasteiger partial charge in [0.1, 0.15) is 0 Å². The Hall–Kier alpha value is -0.0800. The van der Waals surface area contributed by atoms with E-state index in [1.54, 1.807) is 7.11 Å². The molecule has 0 aliphatic heterocycles. The Morgan fingerprint density at radius 2 is 2.00 bits per heavy atom. The van der Waals surface area contributed by atoms with E-state index < -0.39 is 0 Å².